The van der Waals surface area contributed by atoms with E-state index in [1.165, 1.54) is 31.7 Å². The molecule has 2 aromatic rings. The number of hydrogen-bond donors (Lipinski definition) is 1. The number of anilines is 1. The second kappa shape index (κ2) is 5.76. The second-order valence-electron chi connectivity index (χ2n) is 5.70. The van der Waals surface area contributed by atoms with Crippen LogP contribution in [-0.2, 0) is 0 Å². The molecule has 0 radical (unpaired) electrons. The summed E-state index contributed by atoms with van der Waals surface area (Å²) in [5, 5.41) is 9.01. The molecule has 0 atom stereocenters. The van der Waals surface area contributed by atoms with Crippen LogP contribution in [-0.4, -0.2) is 29.1 Å². The molecule has 5 heteroatoms. The fraction of sp³-hybridized carbons (Fsp3) is 0.500. The molecule has 21 heavy (non-hydrogen) atoms. The van der Waals surface area contributed by atoms with Gasteiger partial charge in [0.25, 0.3) is 6.01 Å². The van der Waals surface area contributed by atoms with Crippen LogP contribution in [0.25, 0.3) is 11.1 Å². The van der Waals surface area contributed by atoms with E-state index < -0.39 is 5.97 Å². The monoisotopic (exact) mass is 288 g/mol. The summed E-state index contributed by atoms with van der Waals surface area (Å²) < 4.78 is 5.75. The van der Waals surface area contributed by atoms with Crippen molar-refractivity contribution in [2.75, 3.05) is 18.0 Å². The van der Waals surface area contributed by atoms with E-state index in [2.05, 4.69) is 16.8 Å². The Morgan fingerprint density at radius 1 is 1.43 bits per heavy atom. The number of aromatic nitrogens is 1. The number of benzene rings is 1. The van der Waals surface area contributed by atoms with Gasteiger partial charge in [0.1, 0.15) is 5.52 Å². The van der Waals surface area contributed by atoms with Gasteiger partial charge >= 0.3 is 5.97 Å². The number of piperidine rings is 1. The van der Waals surface area contributed by atoms with Gasteiger partial charge in [-0.1, -0.05) is 19.8 Å². The lowest BCUT2D eigenvalue weighted by molar-refractivity contribution is 0.0697. The Morgan fingerprint density at radius 3 is 2.86 bits per heavy atom. The number of carboxylic acids is 1. The molecule has 3 rings (SSSR count). The second-order valence-corrected chi connectivity index (χ2v) is 5.70. The number of carbonyl (C=O) groups is 1. The number of nitrogens with zero attached hydrogens (tertiary/aromatic N) is 2. The topological polar surface area (TPSA) is 66.6 Å². The molecule has 1 aromatic carbocycles. The van der Waals surface area contributed by atoms with Gasteiger partial charge in [0, 0.05) is 13.1 Å². The number of fused-ring (bicyclic) bond motifs is 1. The van der Waals surface area contributed by atoms with E-state index in [4.69, 9.17) is 9.52 Å². The molecule has 1 aliphatic rings. The van der Waals surface area contributed by atoms with Gasteiger partial charge in [-0.05, 0) is 37.0 Å². The lowest BCUT2D eigenvalue weighted by Gasteiger charge is -2.30. The minimum Gasteiger partial charge on any atom is -0.478 e. The summed E-state index contributed by atoms with van der Waals surface area (Å²) in [4.78, 5) is 17.6. The zero-order chi connectivity index (χ0) is 14.8. The van der Waals surface area contributed by atoms with E-state index in [1.807, 2.05) is 0 Å². The number of oxazole rings is 1. The summed E-state index contributed by atoms with van der Waals surface area (Å²) in [5.41, 5.74) is 1.48. The Bertz CT molecular complexity index is 642. The molecule has 0 spiro atoms. The minimum absolute atomic E-state index is 0.229. The van der Waals surface area contributed by atoms with Crippen LogP contribution in [0.15, 0.2) is 22.6 Å². The van der Waals surface area contributed by atoms with Gasteiger partial charge in [-0.2, -0.15) is 4.98 Å². The molecule has 2 heterocycles. The smallest absolute Gasteiger partial charge is 0.335 e. The molecular weight excluding hydrogens is 268 g/mol. The SMILES string of the molecule is CCCC1CCN(c2nc3ccc(C(=O)O)cc3o2)CC1. The lowest BCUT2D eigenvalue weighted by atomic mass is 9.93. The fourth-order valence-corrected chi connectivity index (χ4v) is 3.00. The minimum atomic E-state index is -0.949. The molecular formula is C16H20N2O3. The largest absolute Gasteiger partial charge is 0.478 e. The third-order valence-electron chi connectivity index (χ3n) is 4.21. The first-order valence-corrected chi connectivity index (χ1v) is 7.56. The molecule has 0 amide bonds. The van der Waals surface area contributed by atoms with Gasteiger partial charge in [0.05, 0.1) is 5.56 Å². The maximum absolute atomic E-state index is 11.0. The van der Waals surface area contributed by atoms with E-state index >= 15 is 0 Å². The molecule has 0 aliphatic carbocycles. The molecule has 1 aromatic heterocycles. The molecule has 0 bridgehead atoms. The Hall–Kier alpha value is -2.04. The van der Waals surface area contributed by atoms with Crippen LogP contribution in [0.2, 0.25) is 0 Å². The first-order valence-electron chi connectivity index (χ1n) is 7.56. The standard InChI is InChI=1S/C16H20N2O3/c1-2-3-11-6-8-18(9-7-11)16-17-13-5-4-12(15(19)20)10-14(13)21-16/h4-5,10-11H,2-3,6-9H2,1H3,(H,19,20). The molecule has 1 saturated heterocycles. The van der Waals surface area contributed by atoms with Crippen LogP contribution in [0.1, 0.15) is 43.0 Å². The Kier molecular flexibility index (Phi) is 3.82. The highest BCUT2D eigenvalue weighted by Gasteiger charge is 2.22. The Balaban J connectivity index is 1.77. The van der Waals surface area contributed by atoms with Crippen molar-refractivity contribution in [2.45, 2.75) is 32.6 Å². The van der Waals surface area contributed by atoms with Crippen molar-refractivity contribution >= 4 is 23.1 Å². The quantitative estimate of drug-likeness (QED) is 0.932. The molecule has 1 N–H and O–H groups in total. The average molecular weight is 288 g/mol. The predicted octanol–water partition coefficient (Wildman–Crippen LogP) is 3.54. The van der Waals surface area contributed by atoms with Crippen molar-refractivity contribution in [1.82, 2.24) is 4.98 Å². The van der Waals surface area contributed by atoms with E-state index in [-0.39, 0.29) is 5.56 Å². The van der Waals surface area contributed by atoms with Crippen molar-refractivity contribution in [3.8, 4) is 0 Å². The van der Waals surface area contributed by atoms with Gasteiger partial charge in [-0.3, -0.25) is 0 Å². The van der Waals surface area contributed by atoms with Gasteiger partial charge in [-0.15, -0.1) is 0 Å². The summed E-state index contributed by atoms with van der Waals surface area (Å²) >= 11 is 0. The zero-order valence-electron chi connectivity index (χ0n) is 12.2. The number of aromatic carboxylic acids is 1. The highest BCUT2D eigenvalue weighted by molar-refractivity contribution is 5.92. The van der Waals surface area contributed by atoms with Gasteiger partial charge in [0.15, 0.2) is 5.58 Å². The number of rotatable bonds is 4. The Morgan fingerprint density at radius 2 is 2.19 bits per heavy atom. The molecule has 112 valence electrons. The maximum atomic E-state index is 11.0. The van der Waals surface area contributed by atoms with Crippen molar-refractivity contribution in [3.05, 3.63) is 23.8 Å². The highest BCUT2D eigenvalue weighted by atomic mass is 16.4. The average Bonchev–Trinajstić information content (AvgIpc) is 2.91. The van der Waals surface area contributed by atoms with Gasteiger partial charge in [0.2, 0.25) is 0 Å². The maximum Gasteiger partial charge on any atom is 0.335 e. The van der Waals surface area contributed by atoms with Crippen molar-refractivity contribution in [3.63, 3.8) is 0 Å². The fourth-order valence-electron chi connectivity index (χ4n) is 3.00. The molecule has 1 fully saturated rings. The lowest BCUT2D eigenvalue weighted by Crippen LogP contribution is -2.33. The molecule has 0 saturated carbocycles. The predicted molar refractivity (Wildman–Crippen MR) is 80.8 cm³/mol. The van der Waals surface area contributed by atoms with Crippen LogP contribution in [0.4, 0.5) is 6.01 Å². The van der Waals surface area contributed by atoms with E-state index in [1.54, 1.807) is 12.1 Å². The van der Waals surface area contributed by atoms with Crippen LogP contribution in [0, 0.1) is 5.92 Å². The number of hydrogen-bond acceptors (Lipinski definition) is 4. The first-order chi connectivity index (χ1) is 10.2. The van der Waals surface area contributed by atoms with Crippen molar-refractivity contribution < 1.29 is 14.3 Å². The number of carboxylic acid groups (broad SMARTS) is 1. The third kappa shape index (κ3) is 2.86. The van der Waals surface area contributed by atoms with Crippen LogP contribution in [0.5, 0.6) is 0 Å². The van der Waals surface area contributed by atoms with E-state index in [0.29, 0.717) is 17.1 Å². The van der Waals surface area contributed by atoms with Crippen LogP contribution in [0.3, 0.4) is 0 Å². The Labute approximate surface area is 123 Å². The van der Waals surface area contributed by atoms with Crippen LogP contribution < -0.4 is 4.90 Å². The summed E-state index contributed by atoms with van der Waals surface area (Å²) in [6.45, 7) is 4.15. The van der Waals surface area contributed by atoms with E-state index in [9.17, 15) is 4.79 Å². The zero-order valence-corrected chi connectivity index (χ0v) is 12.2. The summed E-state index contributed by atoms with van der Waals surface area (Å²) in [7, 11) is 0. The summed E-state index contributed by atoms with van der Waals surface area (Å²) in [5.74, 6) is -0.135. The summed E-state index contributed by atoms with van der Waals surface area (Å²) in [6, 6.07) is 5.42. The van der Waals surface area contributed by atoms with Gasteiger partial charge < -0.3 is 14.4 Å². The highest BCUT2D eigenvalue weighted by Crippen LogP contribution is 2.28. The van der Waals surface area contributed by atoms with Crippen LogP contribution >= 0.6 is 0 Å². The van der Waals surface area contributed by atoms with E-state index in [0.717, 1.165) is 19.0 Å². The first kappa shape index (κ1) is 13.9. The van der Waals surface area contributed by atoms with Crippen molar-refractivity contribution in [1.29, 1.82) is 0 Å². The molecule has 5 nitrogen and oxygen atoms in total. The van der Waals surface area contributed by atoms with Crippen molar-refractivity contribution in [2.24, 2.45) is 5.92 Å². The van der Waals surface area contributed by atoms with Gasteiger partial charge in [-0.25, -0.2) is 4.79 Å². The molecule has 1 aliphatic heterocycles. The normalized spacial score (nSPS) is 16.5. The molecule has 0 unspecified atom stereocenters. The summed E-state index contributed by atoms with van der Waals surface area (Å²) in [6.07, 6.45) is 4.88. The third-order valence-corrected chi connectivity index (χ3v) is 4.21.